The molecule has 1 aromatic carbocycles. The van der Waals surface area contributed by atoms with Gasteiger partial charge in [0.15, 0.2) is 0 Å². The molecule has 0 atom stereocenters. The number of hydrogen-bond donors (Lipinski definition) is 1. The molecule has 3 aromatic rings. The monoisotopic (exact) mass is 419 g/mol. The molecule has 2 aromatic heterocycles. The highest BCUT2D eigenvalue weighted by Gasteiger charge is 2.19. The third-order valence-corrected chi connectivity index (χ3v) is 4.86. The van der Waals surface area contributed by atoms with E-state index in [4.69, 9.17) is 9.47 Å². The third-order valence-electron chi connectivity index (χ3n) is 4.86. The second kappa shape index (κ2) is 9.99. The third kappa shape index (κ3) is 5.76. The molecule has 1 saturated heterocycles. The largest absolute Gasteiger partial charge is 0.477 e. The predicted molar refractivity (Wildman–Crippen MR) is 118 cm³/mol. The lowest BCUT2D eigenvalue weighted by Gasteiger charge is -2.27. The second-order valence-electron chi connectivity index (χ2n) is 7.23. The summed E-state index contributed by atoms with van der Waals surface area (Å²) in [5, 5.41) is 2.89. The minimum atomic E-state index is -0.310. The molecule has 160 valence electrons. The molecule has 0 unspecified atom stereocenters. The Labute approximate surface area is 181 Å². The van der Waals surface area contributed by atoms with E-state index in [0.717, 1.165) is 11.3 Å². The number of pyridine rings is 1. The van der Waals surface area contributed by atoms with E-state index < -0.39 is 0 Å². The van der Waals surface area contributed by atoms with Crippen LogP contribution >= 0.6 is 0 Å². The van der Waals surface area contributed by atoms with Crippen molar-refractivity contribution in [1.29, 1.82) is 0 Å². The molecule has 0 aliphatic carbocycles. The van der Waals surface area contributed by atoms with E-state index in [9.17, 15) is 4.79 Å². The van der Waals surface area contributed by atoms with Crippen molar-refractivity contribution in [3.63, 3.8) is 0 Å². The van der Waals surface area contributed by atoms with Gasteiger partial charge < -0.3 is 19.7 Å². The molecule has 1 aliphatic rings. The summed E-state index contributed by atoms with van der Waals surface area (Å²) in [6.07, 6.45) is 2.40. The summed E-state index contributed by atoms with van der Waals surface area (Å²) in [5.41, 5.74) is 3.02. The van der Waals surface area contributed by atoms with Gasteiger partial charge in [-0.1, -0.05) is 23.8 Å². The zero-order valence-electron chi connectivity index (χ0n) is 17.5. The van der Waals surface area contributed by atoms with Gasteiger partial charge >= 0.3 is 0 Å². The summed E-state index contributed by atoms with van der Waals surface area (Å²) in [4.78, 5) is 28.2. The van der Waals surface area contributed by atoms with Crippen LogP contribution in [0, 0.1) is 6.92 Å². The average Bonchev–Trinajstić information content (AvgIpc) is 2.82. The Kier molecular flexibility index (Phi) is 6.68. The summed E-state index contributed by atoms with van der Waals surface area (Å²) in [5.74, 6) is 0.518. The summed E-state index contributed by atoms with van der Waals surface area (Å²) in [7, 11) is 0. The smallest absolute Gasteiger partial charge is 0.274 e. The maximum absolute atomic E-state index is 12.9. The van der Waals surface area contributed by atoms with Crippen LogP contribution in [-0.2, 0) is 11.2 Å². The van der Waals surface area contributed by atoms with Gasteiger partial charge in [0, 0.05) is 43.2 Å². The van der Waals surface area contributed by atoms with E-state index in [-0.39, 0.29) is 11.6 Å². The SMILES string of the molecule is Cc1ccc(NC(=O)c2cc(OCCc3ccccn3)nc(N3CCOCC3)n2)cc1. The van der Waals surface area contributed by atoms with Gasteiger partial charge in [-0.2, -0.15) is 4.98 Å². The fraction of sp³-hybridized carbons (Fsp3) is 0.304. The highest BCUT2D eigenvalue weighted by Crippen LogP contribution is 2.19. The van der Waals surface area contributed by atoms with Crippen molar-refractivity contribution in [2.75, 3.05) is 43.1 Å². The Bertz CT molecular complexity index is 1010. The number of anilines is 2. The van der Waals surface area contributed by atoms with Crippen molar-refractivity contribution in [2.45, 2.75) is 13.3 Å². The number of amides is 1. The molecule has 1 aliphatic heterocycles. The van der Waals surface area contributed by atoms with Crippen LogP contribution in [-0.4, -0.2) is 53.8 Å². The quantitative estimate of drug-likeness (QED) is 0.630. The van der Waals surface area contributed by atoms with Crippen LogP contribution in [0.25, 0.3) is 0 Å². The number of carbonyl (C=O) groups is 1. The molecule has 8 nitrogen and oxygen atoms in total. The van der Waals surface area contributed by atoms with Gasteiger partial charge in [0.1, 0.15) is 5.69 Å². The molecule has 0 radical (unpaired) electrons. The molecule has 1 N–H and O–H groups in total. The van der Waals surface area contributed by atoms with Crippen molar-refractivity contribution >= 4 is 17.5 Å². The first-order valence-corrected chi connectivity index (χ1v) is 10.3. The second-order valence-corrected chi connectivity index (χ2v) is 7.23. The predicted octanol–water partition coefficient (Wildman–Crippen LogP) is 2.89. The minimum Gasteiger partial charge on any atom is -0.477 e. The number of rotatable bonds is 7. The Balaban J connectivity index is 1.51. The van der Waals surface area contributed by atoms with Crippen LogP contribution in [0.4, 0.5) is 11.6 Å². The number of aryl methyl sites for hydroxylation is 1. The molecule has 3 heterocycles. The van der Waals surface area contributed by atoms with Gasteiger partial charge in [-0.3, -0.25) is 9.78 Å². The fourth-order valence-corrected chi connectivity index (χ4v) is 3.15. The molecule has 4 rings (SSSR count). The Hall–Kier alpha value is -3.52. The molecular formula is C23H25N5O3. The number of benzene rings is 1. The van der Waals surface area contributed by atoms with E-state index in [1.54, 1.807) is 12.3 Å². The van der Waals surface area contributed by atoms with Gasteiger partial charge in [0.05, 0.1) is 19.8 Å². The van der Waals surface area contributed by atoms with Gasteiger partial charge in [0.25, 0.3) is 5.91 Å². The average molecular weight is 419 g/mol. The van der Waals surface area contributed by atoms with Crippen LogP contribution in [0.15, 0.2) is 54.7 Å². The number of aromatic nitrogens is 3. The van der Waals surface area contributed by atoms with Crippen LogP contribution in [0.1, 0.15) is 21.7 Å². The van der Waals surface area contributed by atoms with E-state index in [2.05, 4.69) is 20.3 Å². The van der Waals surface area contributed by atoms with E-state index in [1.807, 2.05) is 54.3 Å². The molecular weight excluding hydrogens is 394 g/mol. The molecule has 8 heteroatoms. The number of nitrogens with one attached hydrogen (secondary N) is 1. The summed E-state index contributed by atoms with van der Waals surface area (Å²) in [6, 6.07) is 15.0. The Morgan fingerprint density at radius 1 is 1.13 bits per heavy atom. The lowest BCUT2D eigenvalue weighted by atomic mass is 10.2. The molecule has 31 heavy (non-hydrogen) atoms. The number of morpholine rings is 1. The molecule has 1 amide bonds. The first kappa shape index (κ1) is 20.7. The Morgan fingerprint density at radius 3 is 2.68 bits per heavy atom. The lowest BCUT2D eigenvalue weighted by Crippen LogP contribution is -2.37. The number of carbonyl (C=O) groups excluding carboxylic acids is 1. The van der Waals surface area contributed by atoms with E-state index in [0.29, 0.717) is 56.8 Å². The molecule has 1 fully saturated rings. The maximum Gasteiger partial charge on any atom is 0.274 e. The van der Waals surface area contributed by atoms with Gasteiger partial charge in [0.2, 0.25) is 11.8 Å². The van der Waals surface area contributed by atoms with Crippen molar-refractivity contribution in [3.8, 4) is 5.88 Å². The Morgan fingerprint density at radius 2 is 1.94 bits per heavy atom. The van der Waals surface area contributed by atoms with E-state index in [1.165, 1.54) is 0 Å². The molecule has 0 bridgehead atoms. The zero-order valence-corrected chi connectivity index (χ0v) is 17.5. The lowest BCUT2D eigenvalue weighted by molar-refractivity contribution is 0.102. The van der Waals surface area contributed by atoms with Crippen LogP contribution in [0.5, 0.6) is 5.88 Å². The normalized spacial score (nSPS) is 13.6. The summed E-state index contributed by atoms with van der Waals surface area (Å²) < 4.78 is 11.3. The number of nitrogens with zero attached hydrogens (tertiary/aromatic N) is 4. The first-order valence-electron chi connectivity index (χ1n) is 10.3. The van der Waals surface area contributed by atoms with Crippen LogP contribution in [0.2, 0.25) is 0 Å². The summed E-state index contributed by atoms with van der Waals surface area (Å²) in [6.45, 7) is 4.92. The highest BCUT2D eigenvalue weighted by molar-refractivity contribution is 6.03. The topological polar surface area (TPSA) is 89.5 Å². The van der Waals surface area contributed by atoms with E-state index >= 15 is 0 Å². The standard InChI is InChI=1S/C23H25N5O3/c1-17-5-7-19(8-6-17)25-22(29)20-16-21(31-13-9-18-4-2-3-10-24-18)27-23(26-20)28-11-14-30-15-12-28/h2-8,10,16H,9,11-15H2,1H3,(H,25,29). The minimum absolute atomic E-state index is 0.255. The van der Waals surface area contributed by atoms with Crippen molar-refractivity contribution in [1.82, 2.24) is 15.0 Å². The van der Waals surface area contributed by atoms with Crippen molar-refractivity contribution < 1.29 is 14.3 Å². The van der Waals surface area contributed by atoms with Gasteiger partial charge in [-0.15, -0.1) is 0 Å². The maximum atomic E-state index is 12.9. The van der Waals surface area contributed by atoms with Crippen molar-refractivity contribution in [2.24, 2.45) is 0 Å². The van der Waals surface area contributed by atoms with Gasteiger partial charge in [-0.05, 0) is 31.2 Å². The van der Waals surface area contributed by atoms with Crippen LogP contribution < -0.4 is 15.0 Å². The first-order chi connectivity index (χ1) is 15.2. The molecule has 0 saturated carbocycles. The number of ether oxygens (including phenoxy) is 2. The van der Waals surface area contributed by atoms with Gasteiger partial charge in [-0.25, -0.2) is 4.98 Å². The van der Waals surface area contributed by atoms with Crippen LogP contribution in [0.3, 0.4) is 0 Å². The fourth-order valence-electron chi connectivity index (χ4n) is 3.15. The summed E-state index contributed by atoms with van der Waals surface area (Å²) >= 11 is 0. The number of hydrogen-bond acceptors (Lipinski definition) is 7. The molecule has 0 spiro atoms. The zero-order chi connectivity index (χ0) is 21.5. The highest BCUT2D eigenvalue weighted by atomic mass is 16.5. The van der Waals surface area contributed by atoms with Crippen molar-refractivity contribution in [3.05, 3.63) is 71.7 Å².